The van der Waals surface area contributed by atoms with E-state index in [9.17, 15) is 10.1 Å². The summed E-state index contributed by atoms with van der Waals surface area (Å²) in [7, 11) is 0. The lowest BCUT2D eigenvalue weighted by molar-refractivity contribution is -0.385. The van der Waals surface area contributed by atoms with Crippen LogP contribution in [0.25, 0.3) is 0 Å². The van der Waals surface area contributed by atoms with Crippen LogP contribution in [0, 0.1) is 23.0 Å². The van der Waals surface area contributed by atoms with Crippen molar-refractivity contribution in [2.24, 2.45) is 5.92 Å². The molecule has 0 heterocycles. The Morgan fingerprint density at radius 2 is 1.79 bits per heavy atom. The molecule has 128 valence electrons. The van der Waals surface area contributed by atoms with E-state index in [2.05, 4.69) is 45.0 Å². The number of benzene rings is 2. The quantitative estimate of drug-likeness (QED) is 0.489. The van der Waals surface area contributed by atoms with Crippen LogP contribution in [-0.4, -0.2) is 4.92 Å². The summed E-state index contributed by atoms with van der Waals surface area (Å²) in [6.07, 6.45) is 1.13. The van der Waals surface area contributed by atoms with Crippen LogP contribution in [0.4, 0.5) is 5.69 Å². The summed E-state index contributed by atoms with van der Waals surface area (Å²) in [4.78, 5) is 10.6. The molecule has 0 amide bonds. The van der Waals surface area contributed by atoms with Gasteiger partial charge in [-0.3, -0.25) is 10.1 Å². The minimum Gasteiger partial charge on any atom is -0.488 e. The molecule has 1 unspecified atom stereocenters. The minimum atomic E-state index is -0.381. The first-order valence-corrected chi connectivity index (χ1v) is 8.39. The molecule has 0 aliphatic rings. The van der Waals surface area contributed by atoms with Gasteiger partial charge in [-0.05, 0) is 42.4 Å². The highest BCUT2D eigenvalue weighted by Gasteiger charge is 2.15. The number of ether oxygens (including phenoxy) is 1. The lowest BCUT2D eigenvalue weighted by Crippen LogP contribution is -2.06. The Morgan fingerprint density at radius 1 is 1.12 bits per heavy atom. The van der Waals surface area contributed by atoms with Gasteiger partial charge in [-0.25, -0.2) is 0 Å². The van der Waals surface area contributed by atoms with E-state index in [0.29, 0.717) is 29.8 Å². The van der Waals surface area contributed by atoms with Gasteiger partial charge in [0.05, 0.1) is 10.5 Å². The van der Waals surface area contributed by atoms with Gasteiger partial charge in [-0.2, -0.15) is 0 Å². The van der Waals surface area contributed by atoms with Gasteiger partial charge in [0.2, 0.25) is 0 Å². The number of hydrogen-bond donors (Lipinski definition) is 0. The molecule has 1 atom stereocenters. The molecular weight excluding hydrogens is 302 g/mol. The zero-order chi connectivity index (χ0) is 17.7. The Hall–Kier alpha value is -2.36. The molecule has 4 heteroatoms. The van der Waals surface area contributed by atoms with Crippen LogP contribution in [0.15, 0.2) is 42.5 Å². The van der Waals surface area contributed by atoms with Gasteiger partial charge in [0, 0.05) is 6.07 Å². The molecule has 2 aromatic rings. The van der Waals surface area contributed by atoms with E-state index in [0.717, 1.165) is 12.0 Å². The second-order valence-corrected chi connectivity index (χ2v) is 6.45. The predicted octanol–water partition coefficient (Wildman–Crippen LogP) is 5.63. The number of hydrogen-bond acceptors (Lipinski definition) is 3. The number of nitro benzene ring substituents is 1. The highest BCUT2D eigenvalue weighted by molar-refractivity contribution is 5.48. The van der Waals surface area contributed by atoms with Crippen molar-refractivity contribution in [2.75, 3.05) is 0 Å². The molecular formula is C20H25NO3. The zero-order valence-electron chi connectivity index (χ0n) is 14.8. The summed E-state index contributed by atoms with van der Waals surface area (Å²) in [5, 5.41) is 11.0. The van der Waals surface area contributed by atoms with E-state index >= 15 is 0 Å². The Balaban J connectivity index is 2.08. The Bertz CT molecular complexity index is 693. The van der Waals surface area contributed by atoms with Crippen molar-refractivity contribution in [3.05, 3.63) is 69.3 Å². The lowest BCUT2D eigenvalue weighted by Gasteiger charge is -2.19. The van der Waals surface area contributed by atoms with Crippen molar-refractivity contribution in [2.45, 2.75) is 46.6 Å². The van der Waals surface area contributed by atoms with Crippen LogP contribution >= 0.6 is 0 Å². The summed E-state index contributed by atoms with van der Waals surface area (Å²) in [6.45, 7) is 8.82. The molecule has 0 spiro atoms. The Labute approximate surface area is 143 Å². The Morgan fingerprint density at radius 3 is 2.33 bits per heavy atom. The van der Waals surface area contributed by atoms with Gasteiger partial charge in [-0.1, -0.05) is 51.1 Å². The fraction of sp³-hybridized carbons (Fsp3) is 0.400. The standard InChI is InChI=1S/C20H25NO3/c1-5-18(14(2)3)17-11-9-16(10-12-17)13-24-20-8-6-7-19(15(20)4)21(22)23/h6-12,14,18H,5,13H2,1-4H3. The molecule has 0 bridgehead atoms. The number of nitrogens with zero attached hydrogens (tertiary/aromatic N) is 1. The summed E-state index contributed by atoms with van der Waals surface area (Å²) in [5.41, 5.74) is 3.06. The first kappa shape index (κ1) is 18.0. The monoisotopic (exact) mass is 327 g/mol. The average Bonchev–Trinajstić information content (AvgIpc) is 2.55. The second kappa shape index (κ2) is 7.95. The third kappa shape index (κ3) is 4.13. The fourth-order valence-corrected chi connectivity index (χ4v) is 3.07. The van der Waals surface area contributed by atoms with E-state index < -0.39 is 0 Å². The molecule has 0 aliphatic heterocycles. The van der Waals surface area contributed by atoms with Gasteiger partial charge in [-0.15, -0.1) is 0 Å². The lowest BCUT2D eigenvalue weighted by atomic mass is 9.86. The number of rotatable bonds is 7. The van der Waals surface area contributed by atoms with E-state index in [4.69, 9.17) is 4.74 Å². The van der Waals surface area contributed by atoms with Gasteiger partial charge in [0.15, 0.2) is 0 Å². The van der Waals surface area contributed by atoms with Gasteiger partial charge < -0.3 is 4.74 Å². The van der Waals surface area contributed by atoms with E-state index in [1.54, 1.807) is 19.1 Å². The van der Waals surface area contributed by atoms with Crippen LogP contribution in [0.5, 0.6) is 5.75 Å². The maximum Gasteiger partial charge on any atom is 0.276 e. The van der Waals surface area contributed by atoms with Crippen molar-refractivity contribution in [1.82, 2.24) is 0 Å². The van der Waals surface area contributed by atoms with Crippen molar-refractivity contribution >= 4 is 5.69 Å². The first-order chi connectivity index (χ1) is 11.4. The molecule has 0 aliphatic carbocycles. The molecule has 0 N–H and O–H groups in total. The average molecular weight is 327 g/mol. The topological polar surface area (TPSA) is 52.4 Å². The molecule has 2 aromatic carbocycles. The summed E-state index contributed by atoms with van der Waals surface area (Å²) >= 11 is 0. The number of nitro groups is 1. The normalized spacial score (nSPS) is 12.2. The highest BCUT2D eigenvalue weighted by atomic mass is 16.6. The van der Waals surface area contributed by atoms with Crippen molar-refractivity contribution in [3.8, 4) is 5.75 Å². The van der Waals surface area contributed by atoms with E-state index in [1.165, 1.54) is 11.6 Å². The molecule has 0 radical (unpaired) electrons. The molecule has 0 fully saturated rings. The molecule has 2 rings (SSSR count). The van der Waals surface area contributed by atoms with Crippen molar-refractivity contribution in [1.29, 1.82) is 0 Å². The molecule has 0 saturated heterocycles. The zero-order valence-corrected chi connectivity index (χ0v) is 14.8. The third-order valence-corrected chi connectivity index (χ3v) is 4.50. The third-order valence-electron chi connectivity index (χ3n) is 4.50. The summed E-state index contributed by atoms with van der Waals surface area (Å²) < 4.78 is 5.78. The van der Waals surface area contributed by atoms with Crippen LogP contribution in [0.2, 0.25) is 0 Å². The van der Waals surface area contributed by atoms with Crippen LogP contribution in [0.1, 0.15) is 49.8 Å². The van der Waals surface area contributed by atoms with Crippen LogP contribution in [0.3, 0.4) is 0 Å². The first-order valence-electron chi connectivity index (χ1n) is 8.39. The summed E-state index contributed by atoms with van der Waals surface area (Å²) in [5.74, 6) is 1.74. The molecule has 0 aromatic heterocycles. The predicted molar refractivity (Wildman–Crippen MR) is 96.5 cm³/mol. The largest absolute Gasteiger partial charge is 0.488 e. The summed E-state index contributed by atoms with van der Waals surface area (Å²) in [6, 6.07) is 13.4. The van der Waals surface area contributed by atoms with Crippen molar-refractivity contribution < 1.29 is 9.66 Å². The maximum atomic E-state index is 11.0. The van der Waals surface area contributed by atoms with E-state index in [1.807, 2.05) is 0 Å². The van der Waals surface area contributed by atoms with Crippen LogP contribution in [-0.2, 0) is 6.61 Å². The van der Waals surface area contributed by atoms with Crippen LogP contribution < -0.4 is 4.74 Å². The molecule has 24 heavy (non-hydrogen) atoms. The van der Waals surface area contributed by atoms with Gasteiger partial charge >= 0.3 is 0 Å². The second-order valence-electron chi connectivity index (χ2n) is 6.45. The highest BCUT2D eigenvalue weighted by Crippen LogP contribution is 2.29. The van der Waals surface area contributed by atoms with E-state index in [-0.39, 0.29) is 10.6 Å². The smallest absolute Gasteiger partial charge is 0.276 e. The maximum absolute atomic E-state index is 11.0. The SMILES string of the molecule is CCC(c1ccc(COc2cccc([N+](=O)[O-])c2C)cc1)C(C)C. The Kier molecular flexibility index (Phi) is 5.96. The molecule has 4 nitrogen and oxygen atoms in total. The fourth-order valence-electron chi connectivity index (χ4n) is 3.07. The molecule has 0 saturated carbocycles. The minimum absolute atomic E-state index is 0.0885. The van der Waals surface area contributed by atoms with Gasteiger partial charge in [0.25, 0.3) is 5.69 Å². The van der Waals surface area contributed by atoms with Gasteiger partial charge in [0.1, 0.15) is 12.4 Å². The van der Waals surface area contributed by atoms with Crippen molar-refractivity contribution in [3.63, 3.8) is 0 Å².